The average molecular weight is 260 g/mol. The third kappa shape index (κ3) is 3.55. The molecule has 1 aromatic carbocycles. The van der Waals surface area contributed by atoms with Gasteiger partial charge < -0.3 is 15.6 Å². The summed E-state index contributed by atoms with van der Waals surface area (Å²) in [4.78, 5) is 4.72. The number of para-hydroxylation sites is 2. The first-order valence-corrected chi connectivity index (χ1v) is 7.21. The number of rotatable bonds is 8. The second-order valence-corrected chi connectivity index (χ2v) is 4.84. The van der Waals surface area contributed by atoms with Gasteiger partial charge in [0.05, 0.1) is 17.6 Å². The number of benzene rings is 1. The molecule has 4 heteroatoms. The highest BCUT2D eigenvalue weighted by molar-refractivity contribution is 5.75. The Morgan fingerprint density at radius 1 is 1.26 bits per heavy atom. The smallest absolute Gasteiger partial charge is 0.123 e. The maximum Gasteiger partial charge on any atom is 0.123 e. The van der Waals surface area contributed by atoms with Gasteiger partial charge in [0.25, 0.3) is 0 Å². The molecule has 0 unspecified atom stereocenters. The van der Waals surface area contributed by atoms with Crippen molar-refractivity contribution < 1.29 is 0 Å². The van der Waals surface area contributed by atoms with Gasteiger partial charge >= 0.3 is 0 Å². The van der Waals surface area contributed by atoms with Crippen molar-refractivity contribution in [1.29, 1.82) is 0 Å². The zero-order chi connectivity index (χ0) is 13.5. The Bertz CT molecular complexity index is 504. The molecule has 0 aliphatic rings. The summed E-state index contributed by atoms with van der Waals surface area (Å²) >= 11 is 0. The van der Waals surface area contributed by atoms with E-state index in [1.54, 1.807) is 0 Å². The molecule has 0 atom stereocenters. The van der Waals surface area contributed by atoms with Crippen LogP contribution >= 0.6 is 0 Å². The fourth-order valence-electron chi connectivity index (χ4n) is 2.33. The van der Waals surface area contributed by atoms with Gasteiger partial charge in [0.1, 0.15) is 5.82 Å². The Hall–Kier alpha value is -1.39. The van der Waals surface area contributed by atoms with Crippen molar-refractivity contribution in [3.05, 3.63) is 30.1 Å². The Balaban J connectivity index is 2.06. The highest BCUT2D eigenvalue weighted by Gasteiger charge is 2.08. The standard InChI is InChI=1S/C15H24N4/c1-2-11-19-14-8-4-3-7-13(14)18-15(19)12-17-10-6-5-9-16/h3-4,7-8,17H,2,5-6,9-12,16H2,1H3. The summed E-state index contributed by atoms with van der Waals surface area (Å²) in [5.74, 6) is 1.13. The molecule has 0 aliphatic heterocycles. The Kier molecular flexibility index (Phi) is 5.36. The summed E-state index contributed by atoms with van der Waals surface area (Å²) in [5, 5.41) is 3.46. The zero-order valence-electron chi connectivity index (χ0n) is 11.7. The van der Waals surface area contributed by atoms with Gasteiger partial charge in [0.2, 0.25) is 0 Å². The molecule has 1 heterocycles. The Morgan fingerprint density at radius 3 is 2.89 bits per heavy atom. The Morgan fingerprint density at radius 2 is 2.11 bits per heavy atom. The molecule has 104 valence electrons. The molecule has 0 saturated carbocycles. The number of nitrogens with two attached hydrogens (primary N) is 1. The predicted molar refractivity (Wildman–Crippen MR) is 80.0 cm³/mol. The van der Waals surface area contributed by atoms with E-state index < -0.39 is 0 Å². The van der Waals surface area contributed by atoms with Crippen molar-refractivity contribution in [3.8, 4) is 0 Å². The van der Waals surface area contributed by atoms with Crippen molar-refractivity contribution in [3.63, 3.8) is 0 Å². The Labute approximate surface area is 115 Å². The van der Waals surface area contributed by atoms with Crippen LogP contribution in [0.1, 0.15) is 32.0 Å². The van der Waals surface area contributed by atoms with Gasteiger partial charge in [-0.3, -0.25) is 0 Å². The van der Waals surface area contributed by atoms with Gasteiger partial charge in [-0.15, -0.1) is 0 Å². The summed E-state index contributed by atoms with van der Waals surface area (Å²) in [7, 11) is 0. The van der Waals surface area contributed by atoms with E-state index in [2.05, 4.69) is 35.0 Å². The zero-order valence-corrected chi connectivity index (χ0v) is 11.7. The fraction of sp³-hybridized carbons (Fsp3) is 0.533. The largest absolute Gasteiger partial charge is 0.330 e. The number of fused-ring (bicyclic) bond motifs is 1. The van der Waals surface area contributed by atoms with Gasteiger partial charge in [0.15, 0.2) is 0 Å². The molecule has 0 saturated heterocycles. The summed E-state index contributed by atoms with van der Waals surface area (Å²) < 4.78 is 2.32. The molecule has 0 bridgehead atoms. The van der Waals surface area contributed by atoms with Crippen LogP contribution in [0.5, 0.6) is 0 Å². The number of aromatic nitrogens is 2. The van der Waals surface area contributed by atoms with Crippen LogP contribution in [-0.4, -0.2) is 22.6 Å². The number of nitrogens with zero attached hydrogens (tertiary/aromatic N) is 2. The average Bonchev–Trinajstić information content (AvgIpc) is 2.78. The maximum atomic E-state index is 5.49. The van der Waals surface area contributed by atoms with E-state index in [4.69, 9.17) is 10.7 Å². The lowest BCUT2D eigenvalue weighted by molar-refractivity contribution is 0.578. The van der Waals surface area contributed by atoms with E-state index in [9.17, 15) is 0 Å². The summed E-state index contributed by atoms with van der Waals surface area (Å²) in [6.07, 6.45) is 3.34. The number of imidazole rings is 1. The van der Waals surface area contributed by atoms with E-state index in [0.29, 0.717) is 0 Å². The second-order valence-electron chi connectivity index (χ2n) is 4.84. The summed E-state index contributed by atoms with van der Waals surface area (Å²) in [6.45, 7) is 5.84. The summed E-state index contributed by atoms with van der Waals surface area (Å²) in [5.41, 5.74) is 7.82. The van der Waals surface area contributed by atoms with Gasteiger partial charge in [0, 0.05) is 6.54 Å². The summed E-state index contributed by atoms with van der Waals surface area (Å²) in [6, 6.07) is 8.36. The van der Waals surface area contributed by atoms with Crippen LogP contribution < -0.4 is 11.1 Å². The molecular weight excluding hydrogens is 236 g/mol. The molecule has 0 fully saturated rings. The molecule has 19 heavy (non-hydrogen) atoms. The molecule has 4 nitrogen and oxygen atoms in total. The van der Waals surface area contributed by atoms with Crippen molar-refractivity contribution in [2.24, 2.45) is 5.73 Å². The number of nitrogens with one attached hydrogen (secondary N) is 1. The minimum Gasteiger partial charge on any atom is -0.330 e. The highest BCUT2D eigenvalue weighted by atomic mass is 15.1. The lowest BCUT2D eigenvalue weighted by atomic mass is 10.3. The van der Waals surface area contributed by atoms with Crippen LogP contribution in [0.3, 0.4) is 0 Å². The molecule has 3 N–H and O–H groups in total. The van der Waals surface area contributed by atoms with Crippen LogP contribution in [0.15, 0.2) is 24.3 Å². The molecular formula is C15H24N4. The topological polar surface area (TPSA) is 55.9 Å². The van der Waals surface area contributed by atoms with Crippen LogP contribution in [0.25, 0.3) is 11.0 Å². The third-order valence-electron chi connectivity index (χ3n) is 3.27. The molecule has 1 aromatic heterocycles. The van der Waals surface area contributed by atoms with Crippen LogP contribution in [0.4, 0.5) is 0 Å². The van der Waals surface area contributed by atoms with Crippen molar-refractivity contribution >= 4 is 11.0 Å². The highest BCUT2D eigenvalue weighted by Crippen LogP contribution is 2.16. The van der Waals surface area contributed by atoms with Gasteiger partial charge in [-0.05, 0) is 44.5 Å². The quantitative estimate of drug-likeness (QED) is 0.716. The normalized spacial score (nSPS) is 11.3. The van der Waals surface area contributed by atoms with Crippen LogP contribution in [0, 0.1) is 0 Å². The molecule has 0 aliphatic carbocycles. The monoisotopic (exact) mass is 260 g/mol. The number of hydrogen-bond acceptors (Lipinski definition) is 3. The first-order valence-electron chi connectivity index (χ1n) is 7.21. The van der Waals surface area contributed by atoms with E-state index in [1.807, 2.05) is 6.07 Å². The lowest BCUT2D eigenvalue weighted by Gasteiger charge is -2.08. The van der Waals surface area contributed by atoms with Gasteiger partial charge in [-0.1, -0.05) is 19.1 Å². The minimum atomic E-state index is 0.774. The first kappa shape index (κ1) is 14.0. The lowest BCUT2D eigenvalue weighted by Crippen LogP contribution is -2.19. The molecule has 2 rings (SSSR count). The van der Waals surface area contributed by atoms with Crippen molar-refractivity contribution in [2.45, 2.75) is 39.3 Å². The number of unbranched alkanes of at least 4 members (excludes halogenated alkanes) is 1. The molecule has 0 amide bonds. The number of aryl methyl sites for hydroxylation is 1. The van der Waals surface area contributed by atoms with E-state index in [1.165, 1.54) is 5.52 Å². The van der Waals surface area contributed by atoms with Crippen LogP contribution in [0.2, 0.25) is 0 Å². The van der Waals surface area contributed by atoms with Gasteiger partial charge in [-0.25, -0.2) is 4.98 Å². The SMILES string of the molecule is CCCn1c(CNCCCCN)nc2ccccc21. The van der Waals surface area contributed by atoms with Crippen LogP contribution in [-0.2, 0) is 13.1 Å². The fourth-order valence-corrected chi connectivity index (χ4v) is 2.33. The predicted octanol–water partition coefficient (Wildman–Crippen LogP) is 2.27. The second kappa shape index (κ2) is 7.26. The third-order valence-corrected chi connectivity index (χ3v) is 3.27. The first-order chi connectivity index (χ1) is 9.36. The minimum absolute atomic E-state index is 0.774. The van der Waals surface area contributed by atoms with E-state index >= 15 is 0 Å². The van der Waals surface area contributed by atoms with E-state index in [-0.39, 0.29) is 0 Å². The van der Waals surface area contributed by atoms with Gasteiger partial charge in [-0.2, -0.15) is 0 Å². The molecule has 0 spiro atoms. The number of hydrogen-bond donors (Lipinski definition) is 2. The molecule has 0 radical (unpaired) electrons. The van der Waals surface area contributed by atoms with Crippen molar-refractivity contribution in [2.75, 3.05) is 13.1 Å². The van der Waals surface area contributed by atoms with E-state index in [0.717, 1.165) is 56.8 Å². The maximum absolute atomic E-state index is 5.49. The molecule has 2 aromatic rings. The van der Waals surface area contributed by atoms with Crippen molar-refractivity contribution in [1.82, 2.24) is 14.9 Å².